The van der Waals surface area contributed by atoms with Gasteiger partial charge in [0, 0.05) is 55.6 Å². The number of nitrogens with zero attached hydrogens (tertiary/aromatic N) is 2. The minimum absolute atomic E-state index is 1.10. The second-order valence-electron chi connectivity index (χ2n) is 4.17. The monoisotopic (exact) mass is 316 g/mol. The Kier molecular flexibility index (Phi) is 3.99. The third-order valence-electron chi connectivity index (χ3n) is 2.84. The van der Waals surface area contributed by atoms with Crippen LogP contribution in [0.25, 0.3) is 0 Å². The normalized spacial score (nSPS) is 19.3. The van der Waals surface area contributed by atoms with Crippen LogP contribution in [0.4, 0.5) is 0 Å². The summed E-state index contributed by atoms with van der Waals surface area (Å²) >= 11 is 2.41. The van der Waals surface area contributed by atoms with Gasteiger partial charge in [-0.15, -0.1) is 0 Å². The first kappa shape index (κ1) is 11.4. The van der Waals surface area contributed by atoms with Crippen molar-refractivity contribution in [2.45, 2.75) is 13.5 Å². The summed E-state index contributed by atoms with van der Waals surface area (Å²) in [6, 6.07) is 8.88. The van der Waals surface area contributed by atoms with Crippen molar-refractivity contribution in [1.29, 1.82) is 0 Å². The van der Waals surface area contributed by atoms with Gasteiger partial charge in [-0.05, 0) is 12.5 Å². The lowest BCUT2D eigenvalue weighted by Crippen LogP contribution is -2.41. The van der Waals surface area contributed by atoms with E-state index in [-0.39, 0.29) is 0 Å². The molecule has 82 valence electrons. The van der Waals surface area contributed by atoms with Gasteiger partial charge in [0.1, 0.15) is 0 Å². The maximum absolute atomic E-state index is 2.53. The standard InChI is InChI=1S/C12H17IN2/c1-11-2-4-12(5-3-11)10-14-6-8-15(13)9-7-14/h2-5H,6-10H2,1H3. The van der Waals surface area contributed by atoms with Gasteiger partial charge in [-0.25, -0.2) is 3.11 Å². The number of benzene rings is 1. The first-order valence-electron chi connectivity index (χ1n) is 5.43. The lowest BCUT2D eigenvalue weighted by atomic mass is 10.1. The van der Waals surface area contributed by atoms with Gasteiger partial charge < -0.3 is 0 Å². The molecule has 1 aliphatic rings. The minimum atomic E-state index is 1.10. The minimum Gasteiger partial charge on any atom is -0.296 e. The molecule has 3 heteroatoms. The Morgan fingerprint density at radius 2 is 1.67 bits per heavy atom. The lowest BCUT2D eigenvalue weighted by Gasteiger charge is -2.31. The molecule has 1 aliphatic heterocycles. The van der Waals surface area contributed by atoms with E-state index in [0.29, 0.717) is 0 Å². The van der Waals surface area contributed by atoms with E-state index in [1.54, 1.807) is 0 Å². The van der Waals surface area contributed by atoms with Crippen LogP contribution >= 0.6 is 22.9 Å². The highest BCUT2D eigenvalue weighted by atomic mass is 127. The van der Waals surface area contributed by atoms with Gasteiger partial charge in [0.2, 0.25) is 0 Å². The number of hydrogen-bond donors (Lipinski definition) is 0. The molecule has 0 spiro atoms. The SMILES string of the molecule is Cc1ccc(CN2CCN(I)CC2)cc1. The van der Waals surface area contributed by atoms with E-state index in [9.17, 15) is 0 Å². The summed E-state index contributed by atoms with van der Waals surface area (Å²) in [5.41, 5.74) is 2.78. The first-order chi connectivity index (χ1) is 7.24. The van der Waals surface area contributed by atoms with Gasteiger partial charge in [0.25, 0.3) is 0 Å². The Hall–Kier alpha value is -0.130. The number of halogens is 1. The molecule has 2 nitrogen and oxygen atoms in total. The fourth-order valence-corrected chi connectivity index (χ4v) is 2.26. The van der Waals surface area contributed by atoms with E-state index >= 15 is 0 Å². The summed E-state index contributed by atoms with van der Waals surface area (Å²) in [7, 11) is 0. The molecule has 0 unspecified atom stereocenters. The third kappa shape index (κ3) is 3.43. The Labute approximate surface area is 106 Å². The predicted molar refractivity (Wildman–Crippen MR) is 72.0 cm³/mol. The predicted octanol–water partition coefficient (Wildman–Crippen LogP) is 2.46. The summed E-state index contributed by atoms with van der Waals surface area (Å²) < 4.78 is 2.36. The van der Waals surface area contributed by atoms with Crippen LogP contribution in [0.5, 0.6) is 0 Å². The molecule has 0 aliphatic carbocycles. The molecule has 1 aromatic carbocycles. The van der Waals surface area contributed by atoms with Gasteiger partial charge in [0.15, 0.2) is 0 Å². The van der Waals surface area contributed by atoms with E-state index in [1.165, 1.54) is 37.3 Å². The molecule has 1 heterocycles. The van der Waals surface area contributed by atoms with E-state index in [4.69, 9.17) is 0 Å². The highest BCUT2D eigenvalue weighted by Crippen LogP contribution is 2.11. The highest BCUT2D eigenvalue weighted by Gasteiger charge is 2.14. The van der Waals surface area contributed by atoms with E-state index < -0.39 is 0 Å². The third-order valence-corrected chi connectivity index (χ3v) is 3.81. The van der Waals surface area contributed by atoms with Gasteiger partial charge >= 0.3 is 0 Å². The summed E-state index contributed by atoms with van der Waals surface area (Å²) in [4.78, 5) is 2.53. The lowest BCUT2D eigenvalue weighted by molar-refractivity contribution is 0.198. The molecule has 0 saturated carbocycles. The molecule has 0 N–H and O–H groups in total. The molecule has 0 atom stereocenters. The molecule has 0 bridgehead atoms. The topological polar surface area (TPSA) is 6.48 Å². The zero-order valence-electron chi connectivity index (χ0n) is 9.12. The number of rotatable bonds is 2. The molecule has 1 saturated heterocycles. The van der Waals surface area contributed by atoms with E-state index in [2.05, 4.69) is 62.1 Å². The van der Waals surface area contributed by atoms with E-state index in [1.807, 2.05) is 0 Å². The summed E-state index contributed by atoms with van der Waals surface area (Å²) in [6.07, 6.45) is 0. The van der Waals surface area contributed by atoms with Crippen molar-refractivity contribution >= 4 is 22.9 Å². The van der Waals surface area contributed by atoms with Crippen LogP contribution in [0.1, 0.15) is 11.1 Å². The van der Waals surface area contributed by atoms with Gasteiger partial charge in [-0.3, -0.25) is 4.90 Å². The number of aryl methyl sites for hydroxylation is 1. The van der Waals surface area contributed by atoms with Gasteiger partial charge in [-0.1, -0.05) is 29.8 Å². The molecule has 2 rings (SSSR count). The maximum Gasteiger partial charge on any atom is 0.0234 e. The summed E-state index contributed by atoms with van der Waals surface area (Å²) in [5, 5.41) is 0. The fraction of sp³-hybridized carbons (Fsp3) is 0.500. The van der Waals surface area contributed by atoms with Crippen LogP contribution in [0.2, 0.25) is 0 Å². The van der Waals surface area contributed by atoms with Crippen molar-refractivity contribution in [3.63, 3.8) is 0 Å². The molecule has 0 radical (unpaired) electrons. The van der Waals surface area contributed by atoms with Crippen LogP contribution < -0.4 is 0 Å². The molecule has 15 heavy (non-hydrogen) atoms. The van der Waals surface area contributed by atoms with Crippen molar-refractivity contribution in [1.82, 2.24) is 8.01 Å². The Morgan fingerprint density at radius 3 is 2.27 bits per heavy atom. The van der Waals surface area contributed by atoms with Crippen LogP contribution in [0, 0.1) is 6.92 Å². The quantitative estimate of drug-likeness (QED) is 0.611. The van der Waals surface area contributed by atoms with Crippen molar-refractivity contribution in [2.75, 3.05) is 26.2 Å². The Balaban J connectivity index is 1.89. The number of hydrogen-bond acceptors (Lipinski definition) is 2. The second kappa shape index (κ2) is 5.27. The molecular weight excluding hydrogens is 299 g/mol. The smallest absolute Gasteiger partial charge is 0.0234 e. The van der Waals surface area contributed by atoms with E-state index in [0.717, 1.165) is 6.54 Å². The molecule has 1 fully saturated rings. The van der Waals surface area contributed by atoms with Crippen LogP contribution in [0.15, 0.2) is 24.3 Å². The Morgan fingerprint density at radius 1 is 1.07 bits per heavy atom. The molecule has 0 aromatic heterocycles. The van der Waals surface area contributed by atoms with Crippen LogP contribution in [-0.2, 0) is 6.54 Å². The average molecular weight is 316 g/mol. The Bertz CT molecular complexity index is 302. The van der Waals surface area contributed by atoms with Gasteiger partial charge in [-0.2, -0.15) is 0 Å². The van der Waals surface area contributed by atoms with Crippen molar-refractivity contribution in [2.24, 2.45) is 0 Å². The van der Waals surface area contributed by atoms with Gasteiger partial charge in [0.05, 0.1) is 0 Å². The fourth-order valence-electron chi connectivity index (χ4n) is 1.83. The zero-order valence-corrected chi connectivity index (χ0v) is 11.3. The second-order valence-corrected chi connectivity index (χ2v) is 5.54. The van der Waals surface area contributed by atoms with Crippen LogP contribution in [0.3, 0.4) is 0 Å². The molecular formula is C12H17IN2. The van der Waals surface area contributed by atoms with Crippen LogP contribution in [-0.4, -0.2) is 34.2 Å². The maximum atomic E-state index is 2.53. The molecule has 1 aromatic rings. The zero-order chi connectivity index (χ0) is 10.7. The number of piperazine rings is 1. The van der Waals surface area contributed by atoms with Crippen molar-refractivity contribution < 1.29 is 0 Å². The van der Waals surface area contributed by atoms with Crippen molar-refractivity contribution in [3.8, 4) is 0 Å². The van der Waals surface area contributed by atoms with Crippen molar-refractivity contribution in [3.05, 3.63) is 35.4 Å². The largest absolute Gasteiger partial charge is 0.296 e. The summed E-state index contributed by atoms with van der Waals surface area (Å²) in [5.74, 6) is 0. The highest BCUT2D eigenvalue weighted by molar-refractivity contribution is 14.1. The summed E-state index contributed by atoms with van der Waals surface area (Å²) in [6.45, 7) is 8.00. The first-order valence-corrected chi connectivity index (χ1v) is 6.39. The average Bonchev–Trinajstić information content (AvgIpc) is 2.25. The molecule has 0 amide bonds.